The van der Waals surface area contributed by atoms with Crippen molar-refractivity contribution in [1.29, 1.82) is 0 Å². The molecule has 6 nitrogen and oxygen atoms in total. The Bertz CT molecular complexity index is 523. The first-order valence-electron chi connectivity index (χ1n) is 6.73. The van der Waals surface area contributed by atoms with Crippen molar-refractivity contribution in [2.45, 2.75) is 38.6 Å². The molecule has 0 aliphatic rings. The number of nitrogens with two attached hydrogens (primary N) is 1. The molecular formula is C15H20N2O4. The number of carbonyl (C=O) groups is 3. The Morgan fingerprint density at radius 1 is 1.19 bits per heavy atom. The van der Waals surface area contributed by atoms with Crippen LogP contribution in [0.4, 0.5) is 0 Å². The van der Waals surface area contributed by atoms with Crippen LogP contribution in [0.1, 0.15) is 48.5 Å². The fraction of sp³-hybridized carbons (Fsp3) is 0.400. The van der Waals surface area contributed by atoms with Crippen molar-refractivity contribution in [2.75, 3.05) is 0 Å². The van der Waals surface area contributed by atoms with Gasteiger partial charge in [0.1, 0.15) is 6.04 Å². The second-order valence-corrected chi connectivity index (χ2v) is 5.15. The average Bonchev–Trinajstić information content (AvgIpc) is 2.42. The number of carboxylic acids is 1. The van der Waals surface area contributed by atoms with Crippen LogP contribution in [0.15, 0.2) is 24.3 Å². The second-order valence-electron chi connectivity index (χ2n) is 5.15. The van der Waals surface area contributed by atoms with Gasteiger partial charge in [-0.05, 0) is 30.0 Å². The molecule has 0 aliphatic carbocycles. The van der Waals surface area contributed by atoms with E-state index < -0.39 is 23.8 Å². The van der Waals surface area contributed by atoms with Crippen molar-refractivity contribution >= 4 is 17.8 Å². The van der Waals surface area contributed by atoms with Crippen LogP contribution in [0.3, 0.4) is 0 Å². The number of aliphatic carboxylic acids is 1. The van der Waals surface area contributed by atoms with E-state index in [1.807, 2.05) is 26.0 Å². The summed E-state index contributed by atoms with van der Waals surface area (Å²) >= 11 is 0. The molecule has 0 saturated carbocycles. The van der Waals surface area contributed by atoms with E-state index >= 15 is 0 Å². The summed E-state index contributed by atoms with van der Waals surface area (Å²) in [7, 11) is 0. The Hall–Kier alpha value is -2.37. The van der Waals surface area contributed by atoms with Crippen LogP contribution >= 0.6 is 0 Å². The zero-order valence-corrected chi connectivity index (χ0v) is 12.1. The van der Waals surface area contributed by atoms with Crippen molar-refractivity contribution in [1.82, 2.24) is 5.32 Å². The topological polar surface area (TPSA) is 109 Å². The molecule has 114 valence electrons. The summed E-state index contributed by atoms with van der Waals surface area (Å²) in [4.78, 5) is 33.8. The largest absolute Gasteiger partial charge is 0.480 e. The first kappa shape index (κ1) is 16.7. The minimum Gasteiger partial charge on any atom is -0.480 e. The minimum absolute atomic E-state index is 0.0273. The number of benzene rings is 1. The molecule has 0 aliphatic heterocycles. The molecule has 1 aromatic rings. The molecule has 0 spiro atoms. The third-order valence-electron chi connectivity index (χ3n) is 3.12. The maximum Gasteiger partial charge on any atom is 0.326 e. The molecule has 0 radical (unpaired) electrons. The Labute approximate surface area is 123 Å². The van der Waals surface area contributed by atoms with Gasteiger partial charge in [0.15, 0.2) is 0 Å². The zero-order valence-electron chi connectivity index (χ0n) is 12.1. The number of primary amides is 1. The molecule has 1 aromatic carbocycles. The van der Waals surface area contributed by atoms with Gasteiger partial charge >= 0.3 is 5.97 Å². The molecule has 0 fully saturated rings. The maximum absolute atomic E-state index is 12.0. The summed E-state index contributed by atoms with van der Waals surface area (Å²) in [6, 6.07) is 5.84. The monoisotopic (exact) mass is 292 g/mol. The fourth-order valence-electron chi connectivity index (χ4n) is 1.80. The SMILES string of the molecule is CC(C)c1ccc(C(=O)N[C@@H](CCC(N)=O)C(=O)O)cc1. The normalized spacial score (nSPS) is 12.0. The lowest BCUT2D eigenvalue weighted by Crippen LogP contribution is -2.41. The molecule has 0 unspecified atom stereocenters. The smallest absolute Gasteiger partial charge is 0.326 e. The van der Waals surface area contributed by atoms with Crippen LogP contribution in [0, 0.1) is 0 Å². The van der Waals surface area contributed by atoms with E-state index in [9.17, 15) is 14.4 Å². The van der Waals surface area contributed by atoms with Gasteiger partial charge in [-0.15, -0.1) is 0 Å². The van der Waals surface area contributed by atoms with Gasteiger partial charge in [-0.2, -0.15) is 0 Å². The number of amides is 2. The van der Waals surface area contributed by atoms with Gasteiger partial charge < -0.3 is 16.2 Å². The number of carbonyl (C=O) groups excluding carboxylic acids is 2. The van der Waals surface area contributed by atoms with Crippen LogP contribution in [0.5, 0.6) is 0 Å². The van der Waals surface area contributed by atoms with Crippen LogP contribution in [-0.2, 0) is 9.59 Å². The Balaban J connectivity index is 2.72. The number of hydrogen-bond acceptors (Lipinski definition) is 3. The number of rotatable bonds is 7. The van der Waals surface area contributed by atoms with Crippen molar-refractivity contribution in [3.8, 4) is 0 Å². The predicted octanol–water partition coefficient (Wildman–Crippen LogP) is 1.26. The summed E-state index contributed by atoms with van der Waals surface area (Å²) in [5.41, 5.74) is 6.46. The minimum atomic E-state index is -1.19. The van der Waals surface area contributed by atoms with E-state index in [0.29, 0.717) is 11.5 Å². The van der Waals surface area contributed by atoms with Crippen molar-refractivity contribution in [3.63, 3.8) is 0 Å². The van der Waals surface area contributed by atoms with Gasteiger partial charge in [0, 0.05) is 12.0 Å². The molecule has 4 N–H and O–H groups in total. The molecule has 2 amide bonds. The van der Waals surface area contributed by atoms with Crippen LogP contribution < -0.4 is 11.1 Å². The van der Waals surface area contributed by atoms with Gasteiger partial charge in [0.05, 0.1) is 0 Å². The molecule has 0 aromatic heterocycles. The Morgan fingerprint density at radius 3 is 2.19 bits per heavy atom. The molecule has 6 heteroatoms. The molecule has 0 bridgehead atoms. The number of hydrogen-bond donors (Lipinski definition) is 3. The van der Waals surface area contributed by atoms with Crippen LogP contribution in [-0.4, -0.2) is 28.9 Å². The standard InChI is InChI=1S/C15H20N2O4/c1-9(2)10-3-5-11(6-4-10)14(19)17-12(15(20)21)7-8-13(16)18/h3-6,9,12H,7-8H2,1-2H3,(H2,16,18)(H,17,19)(H,20,21)/t12-/m0/s1. The van der Waals surface area contributed by atoms with E-state index in [4.69, 9.17) is 10.8 Å². The van der Waals surface area contributed by atoms with Crippen LogP contribution in [0.25, 0.3) is 0 Å². The third kappa shape index (κ3) is 5.25. The molecule has 1 rings (SSSR count). The summed E-state index contributed by atoms with van der Waals surface area (Å²) in [6.45, 7) is 4.08. The lowest BCUT2D eigenvalue weighted by atomic mass is 10.0. The molecule has 0 heterocycles. The summed E-state index contributed by atoms with van der Waals surface area (Å²) in [5, 5.41) is 11.4. The van der Waals surface area contributed by atoms with Gasteiger partial charge in [0.2, 0.25) is 5.91 Å². The second kappa shape index (κ2) is 7.42. The van der Waals surface area contributed by atoms with Crippen molar-refractivity contribution in [3.05, 3.63) is 35.4 Å². The molecular weight excluding hydrogens is 272 g/mol. The van der Waals surface area contributed by atoms with Gasteiger partial charge in [-0.1, -0.05) is 26.0 Å². The van der Waals surface area contributed by atoms with Crippen molar-refractivity contribution < 1.29 is 19.5 Å². The first-order chi connectivity index (χ1) is 9.81. The van der Waals surface area contributed by atoms with Gasteiger partial charge in [-0.25, -0.2) is 4.79 Å². The number of nitrogens with one attached hydrogen (secondary N) is 1. The lowest BCUT2D eigenvalue weighted by Gasteiger charge is -2.14. The van der Waals surface area contributed by atoms with Gasteiger partial charge in [0.25, 0.3) is 5.91 Å². The first-order valence-corrected chi connectivity index (χ1v) is 6.73. The fourth-order valence-corrected chi connectivity index (χ4v) is 1.80. The highest BCUT2D eigenvalue weighted by Crippen LogP contribution is 2.14. The van der Waals surface area contributed by atoms with E-state index in [1.54, 1.807) is 12.1 Å². The third-order valence-corrected chi connectivity index (χ3v) is 3.12. The Kier molecular flexibility index (Phi) is 5.90. The molecule has 1 atom stereocenters. The molecule has 21 heavy (non-hydrogen) atoms. The quantitative estimate of drug-likeness (QED) is 0.702. The van der Waals surface area contributed by atoms with Gasteiger partial charge in [-0.3, -0.25) is 9.59 Å². The average molecular weight is 292 g/mol. The van der Waals surface area contributed by atoms with E-state index in [0.717, 1.165) is 5.56 Å². The zero-order chi connectivity index (χ0) is 16.0. The van der Waals surface area contributed by atoms with Crippen molar-refractivity contribution in [2.24, 2.45) is 5.73 Å². The highest BCUT2D eigenvalue weighted by atomic mass is 16.4. The predicted molar refractivity (Wildman–Crippen MR) is 77.8 cm³/mol. The van der Waals surface area contributed by atoms with Crippen LogP contribution in [0.2, 0.25) is 0 Å². The summed E-state index contributed by atoms with van der Waals surface area (Å²) in [5.74, 6) is -1.92. The maximum atomic E-state index is 12.0. The lowest BCUT2D eigenvalue weighted by molar-refractivity contribution is -0.139. The van der Waals surface area contributed by atoms with E-state index in [1.165, 1.54) is 0 Å². The Morgan fingerprint density at radius 2 is 1.76 bits per heavy atom. The van der Waals surface area contributed by atoms with E-state index in [-0.39, 0.29) is 12.8 Å². The highest BCUT2D eigenvalue weighted by molar-refractivity contribution is 5.96. The summed E-state index contributed by atoms with van der Waals surface area (Å²) < 4.78 is 0. The molecule has 0 saturated heterocycles. The number of carboxylic acid groups (broad SMARTS) is 1. The highest BCUT2D eigenvalue weighted by Gasteiger charge is 2.21. The summed E-state index contributed by atoms with van der Waals surface area (Å²) in [6.07, 6.45) is -0.121. The van der Waals surface area contributed by atoms with E-state index in [2.05, 4.69) is 5.32 Å².